The number of ether oxygens (including phenoxy) is 1. The highest BCUT2D eigenvalue weighted by molar-refractivity contribution is 6.42. The molecule has 2 amide bonds. The van der Waals surface area contributed by atoms with Gasteiger partial charge in [-0.05, 0) is 48.0 Å². The number of rotatable bonds is 4. The zero-order valence-electron chi connectivity index (χ0n) is 14.9. The number of halogens is 2. The average Bonchev–Trinajstić information content (AvgIpc) is 2.99. The van der Waals surface area contributed by atoms with E-state index < -0.39 is 17.8 Å². The van der Waals surface area contributed by atoms with Crippen LogP contribution in [0.4, 0.5) is 5.69 Å². The molecule has 0 spiro atoms. The van der Waals surface area contributed by atoms with Crippen molar-refractivity contribution in [1.29, 1.82) is 0 Å². The van der Waals surface area contributed by atoms with Gasteiger partial charge in [-0.1, -0.05) is 47.5 Å². The summed E-state index contributed by atoms with van der Waals surface area (Å²) >= 11 is 11.8. The van der Waals surface area contributed by atoms with Crippen LogP contribution in [0.25, 0.3) is 0 Å². The molecule has 0 aliphatic carbocycles. The largest absolute Gasteiger partial charge is 0.457 e. The molecular weight excluding hydrogens is 413 g/mol. The zero-order valence-corrected chi connectivity index (χ0v) is 16.4. The second kappa shape index (κ2) is 7.70. The third-order valence-electron chi connectivity index (χ3n) is 4.49. The van der Waals surface area contributed by atoms with Crippen molar-refractivity contribution in [2.75, 3.05) is 4.90 Å². The van der Waals surface area contributed by atoms with Gasteiger partial charge in [0, 0.05) is 0 Å². The Morgan fingerprint density at radius 3 is 2.17 bits per heavy atom. The highest BCUT2D eigenvalue weighted by atomic mass is 35.5. The first kappa shape index (κ1) is 19.2. The summed E-state index contributed by atoms with van der Waals surface area (Å²) in [7, 11) is 0. The van der Waals surface area contributed by atoms with Crippen LogP contribution in [0.5, 0.6) is 0 Å². The van der Waals surface area contributed by atoms with Crippen molar-refractivity contribution in [1.82, 2.24) is 0 Å². The fourth-order valence-corrected chi connectivity index (χ4v) is 3.38. The molecule has 0 bridgehead atoms. The van der Waals surface area contributed by atoms with Crippen molar-refractivity contribution in [3.05, 3.63) is 99.0 Å². The summed E-state index contributed by atoms with van der Waals surface area (Å²) in [6.45, 7) is 0.00691. The predicted octanol–water partition coefficient (Wildman–Crippen LogP) is 5.15. The lowest BCUT2D eigenvalue weighted by atomic mass is 10.1. The summed E-state index contributed by atoms with van der Waals surface area (Å²) in [6, 6.07) is 17.7. The van der Waals surface area contributed by atoms with E-state index in [9.17, 15) is 14.4 Å². The second-order valence-corrected chi connectivity index (χ2v) is 7.18. The van der Waals surface area contributed by atoms with Gasteiger partial charge in [0.1, 0.15) is 6.61 Å². The van der Waals surface area contributed by atoms with E-state index in [4.69, 9.17) is 27.9 Å². The maximum absolute atomic E-state index is 12.6. The number of anilines is 1. The number of nitrogens with zero attached hydrogens (tertiary/aromatic N) is 1. The minimum atomic E-state index is -0.588. The molecule has 4 rings (SSSR count). The molecule has 0 radical (unpaired) electrons. The number of fused-ring (bicyclic) bond motifs is 1. The molecule has 1 aliphatic rings. The number of carbonyl (C=O) groups is 3. The Morgan fingerprint density at radius 1 is 0.828 bits per heavy atom. The van der Waals surface area contributed by atoms with E-state index in [0.717, 1.165) is 4.90 Å². The van der Waals surface area contributed by atoms with Crippen LogP contribution >= 0.6 is 23.2 Å². The van der Waals surface area contributed by atoms with Gasteiger partial charge < -0.3 is 4.74 Å². The lowest BCUT2D eigenvalue weighted by Crippen LogP contribution is -2.29. The lowest BCUT2D eigenvalue weighted by Gasteiger charge is -2.15. The monoisotopic (exact) mass is 425 g/mol. The number of hydrogen-bond donors (Lipinski definition) is 0. The van der Waals surface area contributed by atoms with Crippen LogP contribution in [-0.4, -0.2) is 17.8 Å². The zero-order chi connectivity index (χ0) is 20.5. The quantitative estimate of drug-likeness (QED) is 0.428. The van der Waals surface area contributed by atoms with Gasteiger partial charge in [0.2, 0.25) is 0 Å². The average molecular weight is 426 g/mol. The molecular formula is C22H13Cl2NO4. The normalized spacial score (nSPS) is 12.8. The molecule has 0 saturated carbocycles. The summed E-state index contributed by atoms with van der Waals surface area (Å²) in [5, 5.41) is 0.781. The molecule has 144 valence electrons. The van der Waals surface area contributed by atoms with Crippen LogP contribution in [0.2, 0.25) is 10.0 Å². The van der Waals surface area contributed by atoms with Gasteiger partial charge >= 0.3 is 5.97 Å². The standard InChI is InChI=1S/C22H13Cl2NO4/c23-18-9-8-13(10-19(18)24)12-29-22(28)14-4-3-5-15(11-14)25-20(26)16-6-1-2-7-17(16)21(25)27/h1-11H,12H2. The Morgan fingerprint density at radius 2 is 1.52 bits per heavy atom. The number of esters is 1. The molecule has 3 aromatic rings. The van der Waals surface area contributed by atoms with Gasteiger partial charge in [-0.2, -0.15) is 0 Å². The molecule has 1 heterocycles. The molecule has 29 heavy (non-hydrogen) atoms. The van der Waals surface area contributed by atoms with Crippen LogP contribution in [0, 0.1) is 0 Å². The van der Waals surface area contributed by atoms with E-state index in [-0.39, 0.29) is 12.2 Å². The summed E-state index contributed by atoms with van der Waals surface area (Å²) in [4.78, 5) is 38.8. The molecule has 0 atom stereocenters. The van der Waals surface area contributed by atoms with Gasteiger partial charge in [0.15, 0.2) is 0 Å². The molecule has 0 saturated heterocycles. The number of amides is 2. The molecule has 3 aromatic carbocycles. The van der Waals surface area contributed by atoms with Gasteiger partial charge in [-0.15, -0.1) is 0 Å². The Hall–Kier alpha value is -3.15. The SMILES string of the molecule is O=C(OCc1ccc(Cl)c(Cl)c1)c1cccc(N2C(=O)c3ccccc3C2=O)c1. The van der Waals surface area contributed by atoms with Crippen LogP contribution < -0.4 is 4.90 Å². The summed E-state index contributed by atoms with van der Waals surface area (Å²) in [6.07, 6.45) is 0. The van der Waals surface area contributed by atoms with E-state index in [0.29, 0.717) is 32.4 Å². The van der Waals surface area contributed by atoms with Crippen LogP contribution in [0.1, 0.15) is 36.6 Å². The molecule has 0 unspecified atom stereocenters. The van der Waals surface area contributed by atoms with E-state index in [1.54, 1.807) is 60.7 Å². The Bertz CT molecular complexity index is 1120. The molecule has 5 nitrogen and oxygen atoms in total. The van der Waals surface area contributed by atoms with Crippen LogP contribution in [-0.2, 0) is 11.3 Å². The highest BCUT2D eigenvalue weighted by Crippen LogP contribution is 2.29. The van der Waals surface area contributed by atoms with Gasteiger partial charge in [0.25, 0.3) is 11.8 Å². The van der Waals surface area contributed by atoms with Crippen molar-refractivity contribution < 1.29 is 19.1 Å². The summed E-state index contributed by atoms with van der Waals surface area (Å²) in [5.74, 6) is -1.44. The Kier molecular flexibility index (Phi) is 5.09. The van der Waals surface area contributed by atoms with Gasteiger partial charge in [-0.3, -0.25) is 9.59 Å². The number of imide groups is 1. The maximum atomic E-state index is 12.6. The van der Waals surface area contributed by atoms with Crippen molar-refractivity contribution in [2.45, 2.75) is 6.61 Å². The van der Waals surface area contributed by atoms with E-state index in [2.05, 4.69) is 0 Å². The third kappa shape index (κ3) is 3.62. The number of carbonyl (C=O) groups excluding carboxylic acids is 3. The number of hydrogen-bond acceptors (Lipinski definition) is 4. The fraction of sp³-hybridized carbons (Fsp3) is 0.0455. The van der Waals surface area contributed by atoms with Crippen LogP contribution in [0.15, 0.2) is 66.7 Å². The topological polar surface area (TPSA) is 63.7 Å². The van der Waals surface area contributed by atoms with Gasteiger partial charge in [-0.25, -0.2) is 9.69 Å². The van der Waals surface area contributed by atoms with E-state index in [1.807, 2.05) is 0 Å². The smallest absolute Gasteiger partial charge is 0.338 e. The van der Waals surface area contributed by atoms with Gasteiger partial charge in [0.05, 0.1) is 32.4 Å². The second-order valence-electron chi connectivity index (χ2n) is 6.37. The maximum Gasteiger partial charge on any atom is 0.338 e. The van der Waals surface area contributed by atoms with Crippen molar-refractivity contribution in [3.8, 4) is 0 Å². The first-order valence-electron chi connectivity index (χ1n) is 8.64. The van der Waals surface area contributed by atoms with Crippen molar-refractivity contribution in [2.24, 2.45) is 0 Å². The minimum absolute atomic E-state index is 0.00691. The van der Waals surface area contributed by atoms with Crippen molar-refractivity contribution >= 4 is 46.7 Å². The Labute approximate surface area is 176 Å². The third-order valence-corrected chi connectivity index (χ3v) is 5.23. The van der Waals surface area contributed by atoms with E-state index in [1.165, 1.54) is 6.07 Å². The Balaban J connectivity index is 1.53. The van der Waals surface area contributed by atoms with Crippen LogP contribution in [0.3, 0.4) is 0 Å². The minimum Gasteiger partial charge on any atom is -0.457 e. The molecule has 1 aliphatic heterocycles. The molecule has 0 N–H and O–H groups in total. The molecule has 0 aromatic heterocycles. The van der Waals surface area contributed by atoms with E-state index >= 15 is 0 Å². The molecule has 7 heteroatoms. The predicted molar refractivity (Wildman–Crippen MR) is 110 cm³/mol. The molecule has 0 fully saturated rings. The van der Waals surface area contributed by atoms with Crippen molar-refractivity contribution in [3.63, 3.8) is 0 Å². The number of benzene rings is 3. The fourth-order valence-electron chi connectivity index (χ4n) is 3.06. The first-order valence-corrected chi connectivity index (χ1v) is 9.40. The first-order chi connectivity index (χ1) is 14.0. The lowest BCUT2D eigenvalue weighted by molar-refractivity contribution is 0.0472. The summed E-state index contributed by atoms with van der Waals surface area (Å²) < 4.78 is 5.31. The highest BCUT2D eigenvalue weighted by Gasteiger charge is 2.36. The summed E-state index contributed by atoms with van der Waals surface area (Å²) in [5.41, 5.74) is 1.89.